The molecule has 0 unspecified atom stereocenters. The first-order valence-corrected chi connectivity index (χ1v) is 19.6. The minimum atomic E-state index is -4.80. The summed E-state index contributed by atoms with van der Waals surface area (Å²) in [5, 5.41) is 6.76. The van der Waals surface area contributed by atoms with Crippen LogP contribution in [-0.4, -0.2) is 78.4 Å². The molecule has 11 nitrogen and oxygen atoms in total. The number of nitrogens with zero attached hydrogens (tertiary/aromatic N) is 2. The molecule has 4 aromatic carbocycles. The molecule has 2 N–H and O–H groups in total. The van der Waals surface area contributed by atoms with Gasteiger partial charge in [0.15, 0.2) is 0 Å². The summed E-state index contributed by atoms with van der Waals surface area (Å²) in [5.41, 5.74) is 4.60. The molecule has 2 aliphatic rings. The molecule has 1 aliphatic heterocycles. The molecule has 1 aliphatic carbocycles. The number of hydrogen-bond donors (Lipinski definition) is 2. The molecular weight excluding hydrogens is 766 g/mol. The average Bonchev–Trinajstić information content (AvgIpc) is 3.72. The van der Waals surface area contributed by atoms with Crippen LogP contribution in [0.5, 0.6) is 11.5 Å². The first-order valence-electron chi connectivity index (χ1n) is 19.6. The molecule has 1 fully saturated rings. The number of methoxy groups -OCH3 is 1. The Hall–Kier alpha value is -6.18. The first-order chi connectivity index (χ1) is 28.1. The highest BCUT2D eigenvalue weighted by Gasteiger charge is 2.45. The summed E-state index contributed by atoms with van der Waals surface area (Å²) in [4.78, 5) is 42.2. The highest BCUT2D eigenvalue weighted by Crippen LogP contribution is 2.44. The van der Waals surface area contributed by atoms with Gasteiger partial charge in [0.25, 0.3) is 0 Å². The Balaban J connectivity index is 1.03. The van der Waals surface area contributed by atoms with Crippen molar-refractivity contribution in [1.82, 2.24) is 20.1 Å². The number of aryl methyl sites for hydroxylation is 1. The van der Waals surface area contributed by atoms with Crippen LogP contribution in [0.4, 0.5) is 22.8 Å². The Kier molecular flexibility index (Phi) is 11.5. The summed E-state index contributed by atoms with van der Waals surface area (Å²) in [6.07, 6.45) is -3.32. The molecule has 0 radical (unpaired) electrons. The van der Waals surface area contributed by atoms with E-state index in [1.165, 1.54) is 17.0 Å². The van der Waals surface area contributed by atoms with Gasteiger partial charge in [0.05, 0.1) is 7.11 Å². The number of halogens is 3. The quantitative estimate of drug-likeness (QED) is 0.128. The van der Waals surface area contributed by atoms with E-state index in [1.54, 1.807) is 40.0 Å². The largest absolute Gasteiger partial charge is 0.573 e. The van der Waals surface area contributed by atoms with E-state index in [2.05, 4.69) is 27.5 Å². The number of alkyl carbamates (subject to hydrolysis) is 1. The lowest BCUT2D eigenvalue weighted by atomic mass is 9.86. The molecule has 14 heteroatoms. The van der Waals surface area contributed by atoms with Crippen molar-refractivity contribution in [2.45, 2.75) is 70.0 Å². The second-order valence-corrected chi connectivity index (χ2v) is 15.8. The first kappa shape index (κ1) is 41.0. The second-order valence-electron chi connectivity index (χ2n) is 15.8. The Morgan fingerprint density at radius 3 is 2.07 bits per heavy atom. The van der Waals surface area contributed by atoms with Gasteiger partial charge in [0, 0.05) is 54.8 Å². The monoisotopic (exact) mass is 812 g/mol. The van der Waals surface area contributed by atoms with E-state index in [4.69, 9.17) is 14.2 Å². The molecule has 0 atom stereocenters. The van der Waals surface area contributed by atoms with Gasteiger partial charge in [-0.1, -0.05) is 60.7 Å². The van der Waals surface area contributed by atoms with E-state index in [-0.39, 0.29) is 56.7 Å². The van der Waals surface area contributed by atoms with Crippen molar-refractivity contribution >= 4 is 29.0 Å². The van der Waals surface area contributed by atoms with Crippen LogP contribution >= 0.6 is 0 Å². The van der Waals surface area contributed by atoms with Crippen molar-refractivity contribution in [1.29, 1.82) is 0 Å². The number of amides is 3. The lowest BCUT2D eigenvalue weighted by molar-refractivity contribution is -0.274. The molecule has 310 valence electrons. The molecule has 1 aromatic heterocycles. The lowest BCUT2D eigenvalue weighted by Crippen LogP contribution is -2.64. The van der Waals surface area contributed by atoms with Crippen LogP contribution in [0.3, 0.4) is 0 Å². The zero-order chi connectivity index (χ0) is 42.0. The fourth-order valence-corrected chi connectivity index (χ4v) is 7.91. The molecule has 0 bridgehead atoms. The van der Waals surface area contributed by atoms with E-state index < -0.39 is 29.7 Å². The van der Waals surface area contributed by atoms with Gasteiger partial charge in [-0.25, -0.2) is 9.59 Å². The van der Waals surface area contributed by atoms with Gasteiger partial charge in [0.1, 0.15) is 29.2 Å². The van der Waals surface area contributed by atoms with Crippen molar-refractivity contribution in [2.24, 2.45) is 0 Å². The van der Waals surface area contributed by atoms with Crippen molar-refractivity contribution in [3.8, 4) is 33.8 Å². The van der Waals surface area contributed by atoms with Crippen molar-refractivity contribution < 1.29 is 46.5 Å². The maximum absolute atomic E-state index is 14.1. The standard InChI is InChI=1S/C45H47F3N4O7/c1-43(2,3)59-42(55)51-24-20-44(21-25-51,50-41(54)57-28-38-34-12-7-5-10-32(34)33-11-6-8-13-35(33)38)40(53)49-22-9-23-52-27-37(36-26-31(56-4)18-19-39(36)52)29-14-16-30(17-15-29)58-45(46,47)48/h5-8,10-19,26-27,38H,9,20-25,28H2,1-4H3,(H,49,53)(H,50,54). The molecule has 2 heterocycles. The highest BCUT2D eigenvalue weighted by molar-refractivity contribution is 5.97. The number of hydrogen-bond acceptors (Lipinski definition) is 7. The maximum atomic E-state index is 14.1. The second kappa shape index (κ2) is 16.6. The highest BCUT2D eigenvalue weighted by atomic mass is 19.4. The third kappa shape index (κ3) is 9.27. The molecule has 59 heavy (non-hydrogen) atoms. The summed E-state index contributed by atoms with van der Waals surface area (Å²) in [5.74, 6) is -0.257. The summed E-state index contributed by atoms with van der Waals surface area (Å²) >= 11 is 0. The summed E-state index contributed by atoms with van der Waals surface area (Å²) < 4.78 is 61.3. The van der Waals surface area contributed by atoms with E-state index in [0.717, 1.165) is 38.7 Å². The number of rotatable bonds is 11. The number of ether oxygens (including phenoxy) is 4. The number of nitrogens with one attached hydrogen (secondary N) is 2. The van der Waals surface area contributed by atoms with Gasteiger partial charge in [-0.2, -0.15) is 0 Å². The number of piperidine rings is 1. The van der Waals surface area contributed by atoms with E-state index in [9.17, 15) is 27.6 Å². The smallest absolute Gasteiger partial charge is 0.497 e. The number of benzene rings is 4. The summed E-state index contributed by atoms with van der Waals surface area (Å²) in [6.45, 7) is 6.53. The molecule has 0 saturated carbocycles. The molecule has 3 amide bonds. The van der Waals surface area contributed by atoms with Crippen LogP contribution < -0.4 is 20.1 Å². The Labute approximate surface area is 340 Å². The molecule has 7 rings (SSSR count). The van der Waals surface area contributed by atoms with Crippen LogP contribution in [0, 0.1) is 0 Å². The number of aromatic nitrogens is 1. The zero-order valence-electron chi connectivity index (χ0n) is 33.4. The average molecular weight is 813 g/mol. The Morgan fingerprint density at radius 2 is 1.46 bits per heavy atom. The Bertz CT molecular complexity index is 2280. The number of fused-ring (bicyclic) bond motifs is 4. The van der Waals surface area contributed by atoms with Gasteiger partial charge in [-0.15, -0.1) is 13.2 Å². The zero-order valence-corrected chi connectivity index (χ0v) is 33.4. The van der Waals surface area contributed by atoms with Crippen LogP contribution in [0.2, 0.25) is 0 Å². The minimum absolute atomic E-state index is 0.0752. The van der Waals surface area contributed by atoms with E-state index >= 15 is 0 Å². The predicted molar refractivity (Wildman–Crippen MR) is 216 cm³/mol. The van der Waals surface area contributed by atoms with Crippen LogP contribution in [0.15, 0.2) is 97.2 Å². The van der Waals surface area contributed by atoms with Crippen molar-refractivity contribution in [3.63, 3.8) is 0 Å². The number of carbonyl (C=O) groups is 3. The lowest BCUT2D eigenvalue weighted by Gasteiger charge is -2.41. The Morgan fingerprint density at radius 1 is 0.831 bits per heavy atom. The SMILES string of the molecule is COc1ccc2c(c1)c(-c1ccc(OC(F)(F)F)cc1)cn2CCCNC(=O)C1(NC(=O)OCC2c3ccccc3-c3ccccc32)CCN(C(=O)OC(C)(C)C)CC1. The van der Waals surface area contributed by atoms with Gasteiger partial charge in [0.2, 0.25) is 5.91 Å². The van der Waals surface area contributed by atoms with Crippen molar-refractivity contribution in [3.05, 3.63) is 108 Å². The van der Waals surface area contributed by atoms with E-state index in [0.29, 0.717) is 24.3 Å². The van der Waals surface area contributed by atoms with Crippen LogP contribution in [0.25, 0.3) is 33.2 Å². The van der Waals surface area contributed by atoms with Crippen LogP contribution in [-0.2, 0) is 20.8 Å². The van der Waals surface area contributed by atoms with Gasteiger partial charge in [-0.05, 0) is 98.2 Å². The topological polar surface area (TPSA) is 120 Å². The van der Waals surface area contributed by atoms with Crippen LogP contribution in [0.1, 0.15) is 57.1 Å². The fourth-order valence-electron chi connectivity index (χ4n) is 7.91. The third-order valence-electron chi connectivity index (χ3n) is 10.7. The van der Waals surface area contributed by atoms with Gasteiger partial charge in [-0.3, -0.25) is 4.79 Å². The molecule has 1 saturated heterocycles. The number of carbonyl (C=O) groups excluding carboxylic acids is 3. The molecular formula is C45H47F3N4O7. The molecule has 5 aromatic rings. The number of likely N-dealkylation sites (tertiary alicyclic amines) is 1. The summed E-state index contributed by atoms with van der Waals surface area (Å²) in [6, 6.07) is 27.3. The third-order valence-corrected chi connectivity index (χ3v) is 10.7. The van der Waals surface area contributed by atoms with Crippen molar-refractivity contribution in [2.75, 3.05) is 33.4 Å². The predicted octanol–water partition coefficient (Wildman–Crippen LogP) is 9.03. The fraction of sp³-hybridized carbons (Fsp3) is 0.356. The summed E-state index contributed by atoms with van der Waals surface area (Å²) in [7, 11) is 1.56. The minimum Gasteiger partial charge on any atom is -0.497 e. The maximum Gasteiger partial charge on any atom is 0.573 e. The number of alkyl halides is 3. The van der Waals surface area contributed by atoms with Gasteiger partial charge >= 0.3 is 18.5 Å². The van der Waals surface area contributed by atoms with E-state index in [1.807, 2.05) is 65.4 Å². The normalized spacial score (nSPS) is 14.9. The molecule has 0 spiro atoms. The van der Waals surface area contributed by atoms with Gasteiger partial charge < -0.3 is 39.0 Å².